The molecule has 1 atom stereocenters. The van der Waals surface area contributed by atoms with Crippen molar-refractivity contribution in [2.24, 2.45) is 0 Å². The third-order valence-corrected chi connectivity index (χ3v) is 3.25. The Balaban J connectivity index is 3.13. The molecule has 1 aromatic rings. The summed E-state index contributed by atoms with van der Waals surface area (Å²) in [5, 5.41) is 3.18. The van der Waals surface area contributed by atoms with Crippen molar-refractivity contribution in [3.63, 3.8) is 0 Å². The van der Waals surface area contributed by atoms with Crippen molar-refractivity contribution in [2.45, 2.75) is 39.4 Å². The summed E-state index contributed by atoms with van der Waals surface area (Å²) < 4.78 is 52.1. The fourth-order valence-corrected chi connectivity index (χ4v) is 2.25. The summed E-state index contributed by atoms with van der Waals surface area (Å²) >= 11 is 0. The third-order valence-electron chi connectivity index (χ3n) is 3.25. The Labute approximate surface area is 123 Å². The minimum Gasteiger partial charge on any atom is -0.360 e. The maximum absolute atomic E-state index is 14.1. The lowest BCUT2D eigenvalue weighted by Crippen LogP contribution is -2.36. The molecule has 0 bridgehead atoms. The number of halogens is 4. The molecule has 6 heteroatoms. The highest BCUT2D eigenvalue weighted by molar-refractivity contribution is 5.56. The van der Waals surface area contributed by atoms with Crippen LogP contribution < -0.4 is 10.2 Å². The van der Waals surface area contributed by atoms with Gasteiger partial charge in [0, 0.05) is 12.6 Å². The van der Waals surface area contributed by atoms with Crippen LogP contribution in [0.15, 0.2) is 18.2 Å². The summed E-state index contributed by atoms with van der Waals surface area (Å²) in [7, 11) is 0. The molecule has 1 aromatic carbocycles. The summed E-state index contributed by atoms with van der Waals surface area (Å²) in [5.41, 5.74) is 0.586. The van der Waals surface area contributed by atoms with Crippen LogP contribution in [0.5, 0.6) is 0 Å². The molecular weight excluding hydrogens is 284 g/mol. The van der Waals surface area contributed by atoms with E-state index in [1.165, 1.54) is 12.1 Å². The van der Waals surface area contributed by atoms with E-state index in [4.69, 9.17) is 0 Å². The first-order valence-corrected chi connectivity index (χ1v) is 7.13. The SMILES string of the molecule is CCCNC(C)c1cccc(F)c1N(CC)CC(F)(F)F. The summed E-state index contributed by atoms with van der Waals surface area (Å²) in [5.74, 6) is -0.622. The van der Waals surface area contributed by atoms with E-state index in [1.54, 1.807) is 13.0 Å². The van der Waals surface area contributed by atoms with E-state index in [0.717, 1.165) is 17.9 Å². The summed E-state index contributed by atoms with van der Waals surface area (Å²) in [6.45, 7) is 5.07. The molecule has 0 spiro atoms. The average Bonchev–Trinajstić information content (AvgIpc) is 2.41. The summed E-state index contributed by atoms with van der Waals surface area (Å²) in [6, 6.07) is 4.19. The van der Waals surface area contributed by atoms with E-state index in [-0.39, 0.29) is 18.3 Å². The minimum atomic E-state index is -4.37. The van der Waals surface area contributed by atoms with Crippen LogP contribution in [0.2, 0.25) is 0 Å². The van der Waals surface area contributed by atoms with Crippen molar-refractivity contribution in [3.05, 3.63) is 29.6 Å². The Bertz CT molecular complexity index is 446. The van der Waals surface area contributed by atoms with E-state index in [2.05, 4.69) is 5.32 Å². The van der Waals surface area contributed by atoms with Gasteiger partial charge >= 0.3 is 6.18 Å². The Morgan fingerprint density at radius 1 is 1.24 bits per heavy atom. The Morgan fingerprint density at radius 3 is 2.43 bits per heavy atom. The molecule has 0 aliphatic rings. The summed E-state index contributed by atoms with van der Waals surface area (Å²) in [6.07, 6.45) is -3.47. The topological polar surface area (TPSA) is 15.3 Å². The molecule has 0 aromatic heterocycles. The smallest absolute Gasteiger partial charge is 0.360 e. The predicted molar refractivity (Wildman–Crippen MR) is 77.1 cm³/mol. The van der Waals surface area contributed by atoms with E-state index >= 15 is 0 Å². The second-order valence-electron chi connectivity index (χ2n) is 4.98. The number of rotatable bonds is 7. The van der Waals surface area contributed by atoms with Gasteiger partial charge in [-0.2, -0.15) is 13.2 Å². The van der Waals surface area contributed by atoms with Crippen LogP contribution in [-0.2, 0) is 0 Å². The highest BCUT2D eigenvalue weighted by Gasteiger charge is 2.32. The quantitative estimate of drug-likeness (QED) is 0.757. The van der Waals surface area contributed by atoms with Crippen LogP contribution in [0, 0.1) is 5.82 Å². The molecule has 2 nitrogen and oxygen atoms in total. The maximum atomic E-state index is 14.1. The highest BCUT2D eigenvalue weighted by atomic mass is 19.4. The fourth-order valence-electron chi connectivity index (χ4n) is 2.25. The van der Waals surface area contributed by atoms with Crippen LogP contribution in [0.25, 0.3) is 0 Å². The molecule has 0 heterocycles. The van der Waals surface area contributed by atoms with Crippen LogP contribution in [0.4, 0.5) is 23.2 Å². The first-order chi connectivity index (χ1) is 9.80. The van der Waals surface area contributed by atoms with E-state index < -0.39 is 18.5 Å². The lowest BCUT2D eigenvalue weighted by Gasteiger charge is -2.29. The van der Waals surface area contributed by atoms with Gasteiger partial charge < -0.3 is 10.2 Å². The number of anilines is 1. The van der Waals surface area contributed by atoms with Crippen LogP contribution in [-0.4, -0.2) is 25.8 Å². The molecule has 21 heavy (non-hydrogen) atoms. The van der Waals surface area contributed by atoms with E-state index in [9.17, 15) is 17.6 Å². The molecule has 0 aliphatic carbocycles. The maximum Gasteiger partial charge on any atom is 0.405 e. The molecule has 0 aliphatic heterocycles. The van der Waals surface area contributed by atoms with Crippen molar-refractivity contribution in [1.29, 1.82) is 0 Å². The van der Waals surface area contributed by atoms with Gasteiger partial charge in [0.15, 0.2) is 0 Å². The van der Waals surface area contributed by atoms with Gasteiger partial charge in [0.1, 0.15) is 12.4 Å². The van der Waals surface area contributed by atoms with E-state index in [0.29, 0.717) is 5.56 Å². The van der Waals surface area contributed by atoms with Gasteiger partial charge in [0.2, 0.25) is 0 Å². The lowest BCUT2D eigenvalue weighted by atomic mass is 10.0. The van der Waals surface area contributed by atoms with Gasteiger partial charge in [-0.1, -0.05) is 19.1 Å². The number of benzene rings is 1. The van der Waals surface area contributed by atoms with Crippen molar-refractivity contribution in [2.75, 3.05) is 24.5 Å². The molecular formula is C15H22F4N2. The molecule has 1 N–H and O–H groups in total. The van der Waals surface area contributed by atoms with Gasteiger partial charge in [-0.25, -0.2) is 4.39 Å². The number of hydrogen-bond donors (Lipinski definition) is 1. The fraction of sp³-hybridized carbons (Fsp3) is 0.600. The zero-order valence-corrected chi connectivity index (χ0v) is 12.6. The Morgan fingerprint density at radius 2 is 1.90 bits per heavy atom. The van der Waals surface area contributed by atoms with Gasteiger partial charge in [-0.15, -0.1) is 0 Å². The van der Waals surface area contributed by atoms with E-state index in [1.807, 2.05) is 13.8 Å². The van der Waals surface area contributed by atoms with Crippen molar-refractivity contribution < 1.29 is 17.6 Å². The normalized spacial score (nSPS) is 13.3. The van der Waals surface area contributed by atoms with Gasteiger partial charge in [0.25, 0.3) is 0 Å². The zero-order valence-electron chi connectivity index (χ0n) is 12.6. The molecule has 120 valence electrons. The minimum absolute atomic E-state index is 0.0356. The largest absolute Gasteiger partial charge is 0.405 e. The highest BCUT2D eigenvalue weighted by Crippen LogP contribution is 2.31. The lowest BCUT2D eigenvalue weighted by molar-refractivity contribution is -0.119. The standard InChI is InChI=1S/C15H22F4N2/c1-4-9-20-11(3)12-7-6-8-13(16)14(12)21(5-2)10-15(17,18)19/h6-8,11,20H,4-5,9-10H2,1-3H3. The van der Waals surface area contributed by atoms with Crippen molar-refractivity contribution in [3.8, 4) is 0 Å². The monoisotopic (exact) mass is 306 g/mol. The Hall–Kier alpha value is -1.30. The number of para-hydroxylation sites is 1. The Kier molecular flexibility index (Phi) is 6.45. The number of nitrogens with zero attached hydrogens (tertiary/aromatic N) is 1. The molecule has 0 radical (unpaired) electrons. The molecule has 0 fully saturated rings. The van der Waals surface area contributed by atoms with Crippen LogP contribution in [0.1, 0.15) is 38.8 Å². The number of alkyl halides is 3. The predicted octanol–water partition coefficient (Wildman–Crippen LogP) is 4.27. The summed E-state index contributed by atoms with van der Waals surface area (Å²) in [4.78, 5) is 1.04. The average molecular weight is 306 g/mol. The molecule has 0 saturated heterocycles. The molecule has 1 rings (SSSR count). The van der Waals surface area contributed by atoms with Crippen molar-refractivity contribution in [1.82, 2.24) is 5.32 Å². The molecule has 1 unspecified atom stereocenters. The van der Waals surface area contributed by atoms with Crippen molar-refractivity contribution >= 4 is 5.69 Å². The second-order valence-corrected chi connectivity index (χ2v) is 4.98. The van der Waals surface area contributed by atoms with Crippen LogP contribution >= 0.6 is 0 Å². The first-order valence-electron chi connectivity index (χ1n) is 7.13. The van der Waals surface area contributed by atoms with Gasteiger partial charge in [-0.05, 0) is 38.4 Å². The molecule has 0 amide bonds. The zero-order chi connectivity index (χ0) is 16.0. The van der Waals surface area contributed by atoms with Crippen LogP contribution in [0.3, 0.4) is 0 Å². The third kappa shape index (κ3) is 5.19. The van der Waals surface area contributed by atoms with Gasteiger partial charge in [0.05, 0.1) is 5.69 Å². The molecule has 0 saturated carbocycles. The first kappa shape index (κ1) is 17.8. The number of nitrogens with one attached hydrogen (secondary N) is 1. The second kappa shape index (κ2) is 7.64. The number of hydrogen-bond acceptors (Lipinski definition) is 2. The van der Waals surface area contributed by atoms with Gasteiger partial charge in [-0.3, -0.25) is 0 Å².